The molecule has 1 aromatic heterocycles. The van der Waals surface area contributed by atoms with Crippen molar-refractivity contribution in [1.29, 1.82) is 0 Å². The van der Waals surface area contributed by atoms with Gasteiger partial charge in [-0.3, -0.25) is 10.1 Å². The number of hydrogen-bond acceptors (Lipinski definition) is 4. The second-order valence-corrected chi connectivity index (χ2v) is 4.76. The van der Waals surface area contributed by atoms with Crippen molar-refractivity contribution in [3.63, 3.8) is 0 Å². The molecule has 0 atom stereocenters. The van der Waals surface area contributed by atoms with Crippen LogP contribution in [0, 0.1) is 17.0 Å². The van der Waals surface area contributed by atoms with Crippen LogP contribution in [0.15, 0.2) is 24.4 Å². The van der Waals surface area contributed by atoms with Gasteiger partial charge in [0.1, 0.15) is 0 Å². The molecule has 2 aromatic rings. The van der Waals surface area contributed by atoms with Crippen LogP contribution in [-0.4, -0.2) is 21.2 Å². The van der Waals surface area contributed by atoms with Crippen LogP contribution in [0.4, 0.5) is 5.69 Å². The highest BCUT2D eigenvalue weighted by atomic mass is 35.5. The van der Waals surface area contributed by atoms with Gasteiger partial charge in [-0.05, 0) is 19.5 Å². The molecule has 1 N–H and O–H groups in total. The Hall–Kier alpha value is -1.92. The zero-order valence-corrected chi connectivity index (χ0v) is 12.0. The first-order valence-corrected chi connectivity index (χ1v) is 6.61. The first-order valence-electron chi connectivity index (χ1n) is 6.23. The minimum Gasteiger partial charge on any atom is -0.313 e. The maximum absolute atomic E-state index is 10.7. The maximum Gasteiger partial charge on any atom is 0.271 e. The van der Waals surface area contributed by atoms with Gasteiger partial charge in [0.05, 0.1) is 21.3 Å². The summed E-state index contributed by atoms with van der Waals surface area (Å²) in [5, 5.41) is 18.6. The summed E-state index contributed by atoms with van der Waals surface area (Å²) in [6.07, 6.45) is 1.88. The van der Waals surface area contributed by atoms with E-state index in [1.54, 1.807) is 10.7 Å². The lowest BCUT2D eigenvalue weighted by Crippen LogP contribution is -2.11. The van der Waals surface area contributed by atoms with Crippen LogP contribution >= 0.6 is 11.6 Å². The van der Waals surface area contributed by atoms with Crippen molar-refractivity contribution in [3.8, 4) is 5.69 Å². The number of nitro benzene ring substituents is 1. The Balaban J connectivity index is 2.34. The minimum absolute atomic E-state index is 0.0319. The number of nitrogens with zero attached hydrogens (tertiary/aromatic N) is 3. The summed E-state index contributed by atoms with van der Waals surface area (Å²) < 4.78 is 1.65. The Bertz CT molecular complexity index is 639. The highest BCUT2D eigenvalue weighted by Crippen LogP contribution is 2.25. The molecule has 0 fully saturated rings. The molecule has 2 rings (SSSR count). The van der Waals surface area contributed by atoms with Crippen molar-refractivity contribution in [3.05, 3.63) is 50.8 Å². The Kier molecular flexibility index (Phi) is 4.36. The number of aromatic nitrogens is 2. The van der Waals surface area contributed by atoms with E-state index in [9.17, 15) is 10.1 Å². The molecular weight excluding hydrogens is 280 g/mol. The Morgan fingerprint density at radius 3 is 2.85 bits per heavy atom. The van der Waals surface area contributed by atoms with E-state index in [1.165, 1.54) is 12.1 Å². The number of hydrogen-bond donors (Lipinski definition) is 1. The molecule has 0 aliphatic carbocycles. The van der Waals surface area contributed by atoms with Gasteiger partial charge in [-0.2, -0.15) is 5.10 Å². The van der Waals surface area contributed by atoms with E-state index in [1.807, 2.05) is 20.0 Å². The summed E-state index contributed by atoms with van der Waals surface area (Å²) in [6.45, 7) is 5.56. The zero-order chi connectivity index (χ0) is 14.7. The topological polar surface area (TPSA) is 73.0 Å². The van der Waals surface area contributed by atoms with Crippen molar-refractivity contribution in [2.75, 3.05) is 6.54 Å². The van der Waals surface area contributed by atoms with Gasteiger partial charge in [-0.25, -0.2) is 4.68 Å². The van der Waals surface area contributed by atoms with Gasteiger partial charge in [0.25, 0.3) is 5.69 Å². The molecule has 0 aliphatic heterocycles. The van der Waals surface area contributed by atoms with Crippen LogP contribution in [0.1, 0.15) is 18.2 Å². The summed E-state index contributed by atoms with van der Waals surface area (Å²) in [6, 6.07) is 4.35. The molecule has 7 heteroatoms. The van der Waals surface area contributed by atoms with Crippen molar-refractivity contribution in [2.45, 2.75) is 20.4 Å². The van der Waals surface area contributed by atoms with Gasteiger partial charge in [-0.1, -0.05) is 18.5 Å². The minimum atomic E-state index is -0.472. The Labute approximate surface area is 121 Å². The monoisotopic (exact) mass is 294 g/mol. The quantitative estimate of drug-likeness (QED) is 0.680. The smallest absolute Gasteiger partial charge is 0.271 e. The summed E-state index contributed by atoms with van der Waals surface area (Å²) >= 11 is 6.09. The van der Waals surface area contributed by atoms with Crippen molar-refractivity contribution < 1.29 is 4.92 Å². The van der Waals surface area contributed by atoms with Gasteiger partial charge >= 0.3 is 0 Å². The number of aryl methyl sites for hydroxylation is 1. The molecule has 0 unspecified atom stereocenters. The van der Waals surface area contributed by atoms with Gasteiger partial charge in [0.15, 0.2) is 0 Å². The molecule has 0 aliphatic rings. The molecule has 0 saturated carbocycles. The van der Waals surface area contributed by atoms with E-state index in [0.29, 0.717) is 10.7 Å². The molecule has 6 nitrogen and oxygen atoms in total. The largest absolute Gasteiger partial charge is 0.313 e. The molecule has 106 valence electrons. The molecule has 0 amide bonds. The van der Waals surface area contributed by atoms with E-state index >= 15 is 0 Å². The van der Waals surface area contributed by atoms with E-state index in [-0.39, 0.29) is 5.69 Å². The number of nitro groups is 1. The second-order valence-electron chi connectivity index (χ2n) is 4.36. The van der Waals surface area contributed by atoms with Crippen LogP contribution in [-0.2, 0) is 6.54 Å². The van der Waals surface area contributed by atoms with E-state index < -0.39 is 4.92 Å². The van der Waals surface area contributed by atoms with Crippen LogP contribution < -0.4 is 5.32 Å². The molecule has 0 saturated heterocycles. The third kappa shape index (κ3) is 2.97. The molecular formula is C13H15ClN4O2. The van der Waals surface area contributed by atoms with Gasteiger partial charge in [-0.15, -0.1) is 0 Å². The SMILES string of the molecule is CCNCc1cn(-c2ccc([N+](=O)[O-])cc2Cl)nc1C. The molecule has 0 bridgehead atoms. The number of non-ortho nitro benzene ring substituents is 1. The highest BCUT2D eigenvalue weighted by molar-refractivity contribution is 6.32. The molecule has 0 spiro atoms. The average Bonchev–Trinajstić information content (AvgIpc) is 2.77. The predicted octanol–water partition coefficient (Wildman–Crippen LogP) is 2.85. The van der Waals surface area contributed by atoms with Crippen LogP contribution in [0.3, 0.4) is 0 Å². The average molecular weight is 295 g/mol. The van der Waals surface area contributed by atoms with Crippen LogP contribution in [0.25, 0.3) is 5.69 Å². The fourth-order valence-corrected chi connectivity index (χ4v) is 2.11. The maximum atomic E-state index is 10.7. The number of halogens is 1. The molecule has 0 radical (unpaired) electrons. The third-order valence-electron chi connectivity index (χ3n) is 2.95. The van der Waals surface area contributed by atoms with Crippen molar-refractivity contribution in [2.24, 2.45) is 0 Å². The summed E-state index contributed by atoms with van der Waals surface area (Å²) in [4.78, 5) is 10.2. The van der Waals surface area contributed by atoms with Crippen molar-refractivity contribution >= 4 is 17.3 Å². The van der Waals surface area contributed by atoms with E-state index in [4.69, 9.17) is 11.6 Å². The Morgan fingerprint density at radius 2 is 2.25 bits per heavy atom. The lowest BCUT2D eigenvalue weighted by molar-refractivity contribution is -0.384. The summed E-state index contributed by atoms with van der Waals surface area (Å²) in [5.74, 6) is 0. The normalized spacial score (nSPS) is 10.8. The third-order valence-corrected chi connectivity index (χ3v) is 3.26. The fourth-order valence-electron chi connectivity index (χ4n) is 1.85. The molecule has 1 heterocycles. The van der Waals surface area contributed by atoms with Crippen molar-refractivity contribution in [1.82, 2.24) is 15.1 Å². The molecule has 1 aromatic carbocycles. The van der Waals surface area contributed by atoms with E-state index in [0.717, 1.165) is 24.3 Å². The first-order chi connectivity index (χ1) is 9.52. The summed E-state index contributed by atoms with van der Waals surface area (Å²) in [5.41, 5.74) is 2.57. The van der Waals surface area contributed by atoms with Crippen LogP contribution in [0.2, 0.25) is 5.02 Å². The predicted molar refractivity (Wildman–Crippen MR) is 77.3 cm³/mol. The number of benzene rings is 1. The Morgan fingerprint density at radius 1 is 1.50 bits per heavy atom. The second kappa shape index (κ2) is 6.02. The fraction of sp³-hybridized carbons (Fsp3) is 0.308. The van der Waals surface area contributed by atoms with Crippen LogP contribution in [0.5, 0.6) is 0 Å². The standard InChI is InChI=1S/C13H15ClN4O2/c1-3-15-7-10-8-17(16-9(10)2)13-5-4-11(18(19)20)6-12(13)14/h4-6,8,15H,3,7H2,1-2H3. The number of rotatable bonds is 5. The summed E-state index contributed by atoms with van der Waals surface area (Å²) in [7, 11) is 0. The number of nitrogens with one attached hydrogen (secondary N) is 1. The molecule has 20 heavy (non-hydrogen) atoms. The highest BCUT2D eigenvalue weighted by Gasteiger charge is 2.13. The lowest BCUT2D eigenvalue weighted by atomic mass is 10.2. The lowest BCUT2D eigenvalue weighted by Gasteiger charge is -2.03. The van der Waals surface area contributed by atoms with Gasteiger partial charge in [0, 0.05) is 30.4 Å². The van der Waals surface area contributed by atoms with E-state index in [2.05, 4.69) is 10.4 Å². The van der Waals surface area contributed by atoms with Gasteiger partial charge in [0.2, 0.25) is 0 Å². The first kappa shape index (κ1) is 14.5. The zero-order valence-electron chi connectivity index (χ0n) is 11.3. The van der Waals surface area contributed by atoms with Gasteiger partial charge < -0.3 is 5.32 Å².